The Bertz CT molecular complexity index is 906. The lowest BCUT2D eigenvalue weighted by molar-refractivity contribution is -0.139. The molecule has 0 atom stereocenters. The fourth-order valence-electron chi connectivity index (χ4n) is 2.42. The number of amides is 2. The SMILES string of the molecule is COC(=O)CNC(=O)c1ccc(NC(=O)/C=C/c2cccc(OC)c2OC)cc1. The number of carbonyl (C=O) groups excluding carboxylic acids is 3. The maximum absolute atomic E-state index is 12.2. The third-order valence-electron chi connectivity index (χ3n) is 3.88. The zero-order chi connectivity index (χ0) is 21.2. The maximum atomic E-state index is 12.2. The molecule has 2 rings (SSSR count). The highest BCUT2D eigenvalue weighted by Crippen LogP contribution is 2.31. The van der Waals surface area contributed by atoms with Crippen LogP contribution in [0.3, 0.4) is 0 Å². The molecule has 0 aliphatic carbocycles. The van der Waals surface area contributed by atoms with E-state index in [1.807, 2.05) is 0 Å². The lowest BCUT2D eigenvalue weighted by Gasteiger charge is -2.09. The van der Waals surface area contributed by atoms with E-state index in [9.17, 15) is 14.4 Å². The number of methoxy groups -OCH3 is 3. The van der Waals surface area contributed by atoms with Crippen molar-refractivity contribution in [1.29, 1.82) is 0 Å². The summed E-state index contributed by atoms with van der Waals surface area (Å²) in [6.45, 7) is -0.216. The van der Waals surface area contributed by atoms with Crippen molar-refractivity contribution in [3.8, 4) is 11.5 Å². The van der Waals surface area contributed by atoms with Crippen LogP contribution in [0.25, 0.3) is 6.08 Å². The number of benzene rings is 2. The number of nitrogens with one attached hydrogen (secondary N) is 2. The molecule has 8 nitrogen and oxygen atoms in total. The summed E-state index contributed by atoms with van der Waals surface area (Å²) in [5.74, 6) is -0.213. The Morgan fingerprint density at radius 1 is 0.966 bits per heavy atom. The van der Waals surface area contributed by atoms with Crippen molar-refractivity contribution in [2.75, 3.05) is 33.2 Å². The number of hydrogen-bond donors (Lipinski definition) is 2. The summed E-state index contributed by atoms with van der Waals surface area (Å²) in [5, 5.41) is 5.13. The van der Waals surface area contributed by atoms with Crippen molar-refractivity contribution in [3.05, 3.63) is 59.7 Å². The van der Waals surface area contributed by atoms with Crippen LogP contribution in [0.4, 0.5) is 5.69 Å². The molecule has 2 aromatic rings. The molecule has 2 amide bonds. The Morgan fingerprint density at radius 2 is 1.69 bits per heavy atom. The minimum atomic E-state index is -0.540. The van der Waals surface area contributed by atoms with Crippen LogP contribution in [0.15, 0.2) is 48.5 Å². The minimum absolute atomic E-state index is 0.216. The molecule has 2 aromatic carbocycles. The largest absolute Gasteiger partial charge is 0.493 e. The van der Waals surface area contributed by atoms with Gasteiger partial charge in [-0.25, -0.2) is 0 Å². The van der Waals surface area contributed by atoms with Gasteiger partial charge < -0.3 is 24.8 Å². The molecular formula is C21H22N2O6. The predicted octanol–water partition coefficient (Wildman–Crippen LogP) is 2.26. The highest BCUT2D eigenvalue weighted by molar-refractivity contribution is 6.02. The Kier molecular flexibility index (Phi) is 7.78. The van der Waals surface area contributed by atoms with Crippen LogP contribution in [0.1, 0.15) is 15.9 Å². The topological polar surface area (TPSA) is 103 Å². The number of anilines is 1. The van der Waals surface area contributed by atoms with E-state index < -0.39 is 11.9 Å². The fraction of sp³-hybridized carbons (Fsp3) is 0.190. The van der Waals surface area contributed by atoms with E-state index in [2.05, 4.69) is 15.4 Å². The van der Waals surface area contributed by atoms with Crippen LogP contribution in [0.2, 0.25) is 0 Å². The number of ether oxygens (including phenoxy) is 3. The van der Waals surface area contributed by atoms with E-state index in [1.165, 1.54) is 39.5 Å². The molecule has 0 aliphatic heterocycles. The van der Waals surface area contributed by atoms with Gasteiger partial charge in [0.1, 0.15) is 6.54 Å². The van der Waals surface area contributed by atoms with E-state index in [0.717, 1.165) is 0 Å². The number of esters is 1. The molecule has 0 radical (unpaired) electrons. The number of carbonyl (C=O) groups is 3. The molecule has 0 saturated heterocycles. The second-order valence-electron chi connectivity index (χ2n) is 5.74. The van der Waals surface area contributed by atoms with Gasteiger partial charge >= 0.3 is 5.97 Å². The first kappa shape index (κ1) is 21.5. The molecule has 0 unspecified atom stereocenters. The molecule has 0 spiro atoms. The van der Waals surface area contributed by atoms with Gasteiger partial charge in [0.15, 0.2) is 11.5 Å². The first-order valence-corrected chi connectivity index (χ1v) is 8.63. The molecule has 0 aromatic heterocycles. The van der Waals surface area contributed by atoms with Crippen LogP contribution in [0.5, 0.6) is 11.5 Å². The van der Waals surface area contributed by atoms with Crippen LogP contribution < -0.4 is 20.1 Å². The summed E-state index contributed by atoms with van der Waals surface area (Å²) < 4.78 is 15.0. The molecular weight excluding hydrogens is 376 g/mol. The summed E-state index contributed by atoms with van der Waals surface area (Å²) in [7, 11) is 4.31. The zero-order valence-electron chi connectivity index (χ0n) is 16.4. The normalized spacial score (nSPS) is 10.3. The van der Waals surface area contributed by atoms with Crippen LogP contribution >= 0.6 is 0 Å². The van der Waals surface area contributed by atoms with E-state index in [-0.39, 0.29) is 12.5 Å². The molecule has 0 aliphatic rings. The van der Waals surface area contributed by atoms with Gasteiger partial charge in [-0.05, 0) is 36.4 Å². The van der Waals surface area contributed by atoms with Gasteiger partial charge in [-0.1, -0.05) is 12.1 Å². The first-order chi connectivity index (χ1) is 14.0. The summed E-state index contributed by atoms with van der Waals surface area (Å²) in [4.78, 5) is 35.2. The van der Waals surface area contributed by atoms with Gasteiger partial charge in [-0.2, -0.15) is 0 Å². The lowest BCUT2D eigenvalue weighted by Crippen LogP contribution is -2.30. The average molecular weight is 398 g/mol. The molecule has 2 N–H and O–H groups in total. The molecule has 29 heavy (non-hydrogen) atoms. The lowest BCUT2D eigenvalue weighted by atomic mass is 10.1. The standard InChI is InChI=1S/C21H22N2O6/c1-27-17-6-4-5-14(20(17)29-3)9-12-18(24)23-16-10-7-15(8-11-16)21(26)22-13-19(25)28-2/h4-12H,13H2,1-3H3,(H,22,26)(H,23,24)/b12-9+. The Labute approximate surface area is 168 Å². The van der Waals surface area contributed by atoms with Crippen LogP contribution in [-0.4, -0.2) is 45.7 Å². The van der Waals surface area contributed by atoms with Gasteiger partial charge in [0.25, 0.3) is 5.91 Å². The maximum Gasteiger partial charge on any atom is 0.325 e. The van der Waals surface area contributed by atoms with Crippen molar-refractivity contribution < 1.29 is 28.6 Å². The quantitative estimate of drug-likeness (QED) is 0.522. The van der Waals surface area contributed by atoms with Crippen molar-refractivity contribution in [2.45, 2.75) is 0 Å². The molecule has 8 heteroatoms. The average Bonchev–Trinajstić information content (AvgIpc) is 2.75. The summed E-state index contributed by atoms with van der Waals surface area (Å²) >= 11 is 0. The van der Waals surface area contributed by atoms with Crippen molar-refractivity contribution in [1.82, 2.24) is 5.32 Å². The van der Waals surface area contributed by atoms with Gasteiger partial charge in [-0.3, -0.25) is 14.4 Å². The first-order valence-electron chi connectivity index (χ1n) is 8.63. The molecule has 0 fully saturated rings. The fourth-order valence-corrected chi connectivity index (χ4v) is 2.42. The number of para-hydroxylation sites is 1. The summed E-state index contributed by atoms with van der Waals surface area (Å²) in [6, 6.07) is 11.6. The Balaban J connectivity index is 1.98. The number of hydrogen-bond acceptors (Lipinski definition) is 6. The van der Waals surface area contributed by atoms with Gasteiger partial charge in [0.05, 0.1) is 21.3 Å². The van der Waals surface area contributed by atoms with Gasteiger partial charge in [-0.15, -0.1) is 0 Å². The van der Waals surface area contributed by atoms with E-state index in [4.69, 9.17) is 9.47 Å². The second kappa shape index (κ2) is 10.5. The Morgan fingerprint density at radius 3 is 2.31 bits per heavy atom. The molecule has 0 saturated carbocycles. The summed E-state index contributed by atoms with van der Waals surface area (Å²) in [6.07, 6.45) is 2.99. The third-order valence-corrected chi connectivity index (χ3v) is 3.88. The summed E-state index contributed by atoms with van der Waals surface area (Å²) in [5.41, 5.74) is 1.56. The van der Waals surface area contributed by atoms with Crippen molar-refractivity contribution in [3.63, 3.8) is 0 Å². The van der Waals surface area contributed by atoms with E-state index in [0.29, 0.717) is 28.3 Å². The zero-order valence-corrected chi connectivity index (χ0v) is 16.4. The van der Waals surface area contributed by atoms with Crippen molar-refractivity contribution >= 4 is 29.5 Å². The molecule has 0 heterocycles. The van der Waals surface area contributed by atoms with Crippen molar-refractivity contribution in [2.24, 2.45) is 0 Å². The highest BCUT2D eigenvalue weighted by atomic mass is 16.5. The number of rotatable bonds is 8. The molecule has 0 bridgehead atoms. The Hall–Kier alpha value is -3.81. The monoisotopic (exact) mass is 398 g/mol. The highest BCUT2D eigenvalue weighted by Gasteiger charge is 2.09. The van der Waals surface area contributed by atoms with Crippen LogP contribution in [-0.2, 0) is 14.3 Å². The minimum Gasteiger partial charge on any atom is -0.493 e. The van der Waals surface area contributed by atoms with E-state index >= 15 is 0 Å². The third kappa shape index (κ3) is 6.10. The van der Waals surface area contributed by atoms with Crippen LogP contribution in [0, 0.1) is 0 Å². The molecule has 152 valence electrons. The van der Waals surface area contributed by atoms with Gasteiger partial charge in [0.2, 0.25) is 5.91 Å². The van der Waals surface area contributed by atoms with E-state index in [1.54, 1.807) is 36.4 Å². The second-order valence-corrected chi connectivity index (χ2v) is 5.74. The smallest absolute Gasteiger partial charge is 0.325 e. The predicted molar refractivity (Wildman–Crippen MR) is 108 cm³/mol. The van der Waals surface area contributed by atoms with Gasteiger partial charge in [0, 0.05) is 22.9 Å².